The zero-order valence-electron chi connectivity index (χ0n) is 9.22. The summed E-state index contributed by atoms with van der Waals surface area (Å²) in [5.74, 6) is -0.855. The fourth-order valence-corrected chi connectivity index (χ4v) is 2.94. The van der Waals surface area contributed by atoms with Crippen LogP contribution in [0.5, 0.6) is 0 Å². The normalized spacial score (nSPS) is 13.2. The highest BCUT2D eigenvalue weighted by molar-refractivity contribution is 7.85. The van der Waals surface area contributed by atoms with Crippen LogP contribution in [-0.2, 0) is 16.5 Å². The molecule has 0 saturated carbocycles. The molecule has 2 aromatic rings. The molecule has 0 unspecified atom stereocenters. The fourth-order valence-electron chi connectivity index (χ4n) is 2.35. The molecule has 2 aromatic carbocycles. The highest BCUT2D eigenvalue weighted by Crippen LogP contribution is 2.39. The maximum Gasteiger partial charge on any atom is 0.297 e. The molecular weight excluding hydrogens is 255 g/mol. The van der Waals surface area contributed by atoms with Gasteiger partial charge in [-0.2, -0.15) is 8.42 Å². The van der Waals surface area contributed by atoms with Crippen molar-refractivity contribution < 1.29 is 17.4 Å². The first-order valence-corrected chi connectivity index (χ1v) is 6.79. The second-order valence-corrected chi connectivity index (χ2v) is 5.60. The molecule has 3 rings (SSSR count). The van der Waals surface area contributed by atoms with Gasteiger partial charge in [-0.25, -0.2) is 4.39 Å². The quantitative estimate of drug-likeness (QED) is 0.687. The third kappa shape index (κ3) is 1.55. The lowest BCUT2D eigenvalue weighted by Gasteiger charge is -2.05. The van der Waals surface area contributed by atoms with E-state index in [1.807, 2.05) is 24.3 Å². The van der Waals surface area contributed by atoms with Crippen molar-refractivity contribution in [3.8, 4) is 11.1 Å². The Bertz CT molecular complexity index is 751. The van der Waals surface area contributed by atoms with Gasteiger partial charge in [0.15, 0.2) is 0 Å². The van der Waals surface area contributed by atoms with Crippen LogP contribution >= 0.6 is 0 Å². The van der Waals surface area contributed by atoms with Crippen LogP contribution in [0.3, 0.4) is 0 Å². The molecule has 92 valence electrons. The molecule has 0 aliphatic heterocycles. The molecule has 1 aliphatic carbocycles. The zero-order chi connectivity index (χ0) is 12.9. The average molecular weight is 264 g/mol. The first kappa shape index (κ1) is 11.4. The minimum atomic E-state index is -4.52. The van der Waals surface area contributed by atoms with Gasteiger partial charge in [0.2, 0.25) is 0 Å². The lowest BCUT2D eigenvalue weighted by atomic mass is 10.1. The van der Waals surface area contributed by atoms with Gasteiger partial charge in [0, 0.05) is 12.0 Å². The molecule has 0 saturated heterocycles. The minimum Gasteiger partial charge on any atom is -0.282 e. The van der Waals surface area contributed by atoms with Gasteiger partial charge < -0.3 is 0 Å². The number of fused-ring (bicyclic) bond motifs is 3. The Balaban J connectivity index is 2.28. The first-order valence-electron chi connectivity index (χ1n) is 5.35. The van der Waals surface area contributed by atoms with Gasteiger partial charge in [0.05, 0.1) is 0 Å². The van der Waals surface area contributed by atoms with E-state index in [-0.39, 0.29) is 0 Å². The Morgan fingerprint density at radius 3 is 2.50 bits per heavy atom. The van der Waals surface area contributed by atoms with Gasteiger partial charge in [-0.05, 0) is 22.8 Å². The molecule has 0 heterocycles. The van der Waals surface area contributed by atoms with E-state index in [0.717, 1.165) is 17.2 Å². The lowest BCUT2D eigenvalue weighted by Crippen LogP contribution is -2.04. The fraction of sp³-hybridized carbons (Fsp3) is 0.0769. The summed E-state index contributed by atoms with van der Waals surface area (Å²) in [5.41, 5.74) is 2.88. The van der Waals surface area contributed by atoms with Crippen molar-refractivity contribution in [1.82, 2.24) is 0 Å². The van der Waals surface area contributed by atoms with Crippen LogP contribution in [0.15, 0.2) is 41.3 Å². The summed E-state index contributed by atoms with van der Waals surface area (Å²) < 4.78 is 45.1. The van der Waals surface area contributed by atoms with Crippen molar-refractivity contribution in [2.45, 2.75) is 11.3 Å². The molecule has 0 spiro atoms. The molecule has 0 fully saturated rings. The van der Waals surface area contributed by atoms with Gasteiger partial charge in [-0.1, -0.05) is 30.3 Å². The smallest absolute Gasteiger partial charge is 0.282 e. The maximum atomic E-state index is 14.1. The van der Waals surface area contributed by atoms with Crippen LogP contribution in [0, 0.1) is 5.82 Å². The van der Waals surface area contributed by atoms with Crippen LogP contribution in [-0.4, -0.2) is 13.0 Å². The summed E-state index contributed by atoms with van der Waals surface area (Å²) in [4.78, 5) is -0.658. The third-order valence-corrected chi connectivity index (χ3v) is 4.03. The molecule has 1 aliphatic rings. The number of halogens is 1. The lowest BCUT2D eigenvalue weighted by molar-refractivity contribution is 0.472. The van der Waals surface area contributed by atoms with Gasteiger partial charge in [-0.15, -0.1) is 0 Å². The van der Waals surface area contributed by atoms with Crippen LogP contribution in [0.1, 0.15) is 11.1 Å². The van der Waals surface area contributed by atoms with Crippen molar-refractivity contribution in [2.75, 3.05) is 0 Å². The van der Waals surface area contributed by atoms with Gasteiger partial charge >= 0.3 is 0 Å². The van der Waals surface area contributed by atoms with E-state index in [4.69, 9.17) is 4.55 Å². The summed E-state index contributed by atoms with van der Waals surface area (Å²) in [6.07, 6.45) is 0.348. The predicted molar refractivity (Wildman–Crippen MR) is 64.5 cm³/mol. The van der Waals surface area contributed by atoms with E-state index in [9.17, 15) is 12.8 Å². The second kappa shape index (κ2) is 3.63. The number of hydrogen-bond donors (Lipinski definition) is 1. The molecule has 3 nitrogen and oxygen atoms in total. The molecule has 1 N–H and O–H groups in total. The Morgan fingerprint density at radius 1 is 1.06 bits per heavy atom. The van der Waals surface area contributed by atoms with Crippen LogP contribution in [0.2, 0.25) is 0 Å². The molecule has 0 atom stereocenters. The Labute approximate surface area is 104 Å². The number of hydrogen-bond acceptors (Lipinski definition) is 2. The topological polar surface area (TPSA) is 54.4 Å². The molecule has 5 heteroatoms. The highest BCUT2D eigenvalue weighted by Gasteiger charge is 2.26. The van der Waals surface area contributed by atoms with Crippen molar-refractivity contribution in [3.05, 3.63) is 53.3 Å². The van der Waals surface area contributed by atoms with Crippen molar-refractivity contribution in [3.63, 3.8) is 0 Å². The van der Waals surface area contributed by atoms with Gasteiger partial charge in [-0.3, -0.25) is 4.55 Å². The van der Waals surface area contributed by atoms with Crippen molar-refractivity contribution >= 4 is 10.1 Å². The van der Waals surface area contributed by atoms with Crippen molar-refractivity contribution in [2.24, 2.45) is 0 Å². The standard InChI is InChI=1S/C13H9FO3S/c14-13-11-7-8-3-1-2-4-9(8)10(11)5-6-12(13)18(15,16)17/h1-6H,7H2,(H,15,16,17). The Hall–Kier alpha value is -1.72. The Kier molecular flexibility index (Phi) is 2.30. The van der Waals surface area contributed by atoms with Crippen LogP contribution in [0.25, 0.3) is 11.1 Å². The zero-order valence-corrected chi connectivity index (χ0v) is 10.0. The highest BCUT2D eigenvalue weighted by atomic mass is 32.2. The molecule has 0 amide bonds. The van der Waals surface area contributed by atoms with E-state index in [2.05, 4.69) is 0 Å². The largest absolute Gasteiger partial charge is 0.297 e. The summed E-state index contributed by atoms with van der Waals surface area (Å²) in [5, 5.41) is 0. The number of rotatable bonds is 1. The van der Waals surface area contributed by atoms with Gasteiger partial charge in [0.25, 0.3) is 10.1 Å². The summed E-state index contributed by atoms with van der Waals surface area (Å²) >= 11 is 0. The Morgan fingerprint density at radius 2 is 1.78 bits per heavy atom. The molecule has 0 radical (unpaired) electrons. The monoisotopic (exact) mass is 264 g/mol. The molecule has 18 heavy (non-hydrogen) atoms. The van der Waals surface area contributed by atoms with E-state index in [1.54, 1.807) is 0 Å². The molecule has 0 bridgehead atoms. The summed E-state index contributed by atoms with van der Waals surface area (Å²) in [6.45, 7) is 0. The SMILES string of the molecule is O=S(=O)(O)c1ccc2c(c1F)Cc1ccccc1-2. The predicted octanol–water partition coefficient (Wildman–Crippen LogP) is 2.64. The average Bonchev–Trinajstić information content (AvgIpc) is 2.68. The van der Waals surface area contributed by atoms with E-state index >= 15 is 0 Å². The summed E-state index contributed by atoms with van der Waals surface area (Å²) in [6, 6.07) is 10.1. The third-order valence-electron chi connectivity index (χ3n) is 3.16. The minimum absolute atomic E-state index is 0.325. The van der Waals surface area contributed by atoms with Crippen LogP contribution < -0.4 is 0 Å². The second-order valence-electron chi connectivity index (χ2n) is 4.21. The number of benzene rings is 2. The van der Waals surface area contributed by atoms with E-state index in [0.29, 0.717) is 17.5 Å². The maximum absolute atomic E-state index is 14.1. The van der Waals surface area contributed by atoms with Crippen molar-refractivity contribution in [1.29, 1.82) is 0 Å². The van der Waals surface area contributed by atoms with Crippen LogP contribution in [0.4, 0.5) is 4.39 Å². The van der Waals surface area contributed by atoms with Gasteiger partial charge in [0.1, 0.15) is 10.7 Å². The van der Waals surface area contributed by atoms with E-state index < -0.39 is 20.8 Å². The molecular formula is C13H9FO3S. The van der Waals surface area contributed by atoms with E-state index in [1.165, 1.54) is 6.07 Å². The summed E-state index contributed by atoms with van der Waals surface area (Å²) in [7, 11) is -4.52. The first-order chi connectivity index (χ1) is 8.48. The molecule has 0 aromatic heterocycles.